The molecule has 0 aliphatic heterocycles. The first kappa shape index (κ1) is 10.3. The van der Waals surface area contributed by atoms with Gasteiger partial charge in [-0.15, -0.1) is 0 Å². The van der Waals surface area contributed by atoms with E-state index >= 15 is 0 Å². The molecule has 0 saturated carbocycles. The average Bonchev–Trinajstić information content (AvgIpc) is 2.19. The molecular formula is C10H17NOSi. The SMILES string of the molecule is CO[SiH2]CCCNc1ccccc1. The summed E-state index contributed by atoms with van der Waals surface area (Å²) in [4.78, 5) is 0. The van der Waals surface area contributed by atoms with E-state index in [-0.39, 0.29) is 9.76 Å². The minimum Gasteiger partial charge on any atom is -0.427 e. The van der Waals surface area contributed by atoms with Crippen molar-refractivity contribution >= 4 is 15.5 Å². The zero-order valence-electron chi connectivity index (χ0n) is 8.12. The first-order chi connectivity index (χ1) is 6.43. The number of rotatable bonds is 6. The van der Waals surface area contributed by atoms with Crippen LogP contribution in [-0.2, 0) is 4.43 Å². The molecule has 0 aliphatic rings. The molecule has 1 aromatic carbocycles. The van der Waals surface area contributed by atoms with Gasteiger partial charge in [-0.25, -0.2) is 0 Å². The number of para-hydroxylation sites is 1. The molecule has 1 aromatic rings. The number of hydrogen-bond donors (Lipinski definition) is 1. The third kappa shape index (κ3) is 4.70. The van der Waals surface area contributed by atoms with Crippen molar-refractivity contribution in [1.82, 2.24) is 0 Å². The standard InChI is InChI=1S/C10H17NOSi/c1-12-13-9-5-8-11-10-6-3-2-4-7-10/h2-4,6-7,11H,5,8-9,13H2,1H3. The maximum absolute atomic E-state index is 5.11. The van der Waals surface area contributed by atoms with Gasteiger partial charge in [-0.05, 0) is 24.6 Å². The van der Waals surface area contributed by atoms with Gasteiger partial charge < -0.3 is 9.74 Å². The van der Waals surface area contributed by atoms with Crippen molar-refractivity contribution in [3.8, 4) is 0 Å². The first-order valence-electron chi connectivity index (χ1n) is 4.71. The Kier molecular flexibility index (Phi) is 5.29. The molecule has 0 aliphatic carbocycles. The Morgan fingerprint density at radius 1 is 1.31 bits per heavy atom. The van der Waals surface area contributed by atoms with Crippen LogP contribution in [0.25, 0.3) is 0 Å². The van der Waals surface area contributed by atoms with Gasteiger partial charge in [-0.2, -0.15) is 0 Å². The molecule has 0 spiro atoms. The highest BCUT2D eigenvalue weighted by molar-refractivity contribution is 6.26. The maximum Gasteiger partial charge on any atom is 0.161 e. The van der Waals surface area contributed by atoms with Gasteiger partial charge in [-0.3, -0.25) is 0 Å². The Morgan fingerprint density at radius 3 is 2.77 bits per heavy atom. The van der Waals surface area contributed by atoms with Crippen molar-refractivity contribution in [3.05, 3.63) is 30.3 Å². The van der Waals surface area contributed by atoms with Gasteiger partial charge >= 0.3 is 0 Å². The van der Waals surface area contributed by atoms with E-state index in [1.165, 1.54) is 18.2 Å². The second-order valence-electron chi connectivity index (χ2n) is 2.99. The molecule has 0 unspecified atom stereocenters. The van der Waals surface area contributed by atoms with E-state index in [1.54, 1.807) is 7.11 Å². The summed E-state index contributed by atoms with van der Waals surface area (Å²) in [6, 6.07) is 11.6. The summed E-state index contributed by atoms with van der Waals surface area (Å²) >= 11 is 0. The van der Waals surface area contributed by atoms with Gasteiger partial charge in [-0.1, -0.05) is 18.2 Å². The molecule has 0 aromatic heterocycles. The van der Waals surface area contributed by atoms with Crippen LogP contribution in [0.5, 0.6) is 0 Å². The Hall–Kier alpha value is -0.803. The van der Waals surface area contributed by atoms with Gasteiger partial charge in [0.1, 0.15) is 0 Å². The van der Waals surface area contributed by atoms with Crippen LogP contribution in [0.15, 0.2) is 30.3 Å². The van der Waals surface area contributed by atoms with Crippen LogP contribution in [0.4, 0.5) is 5.69 Å². The second-order valence-corrected chi connectivity index (χ2v) is 4.69. The fourth-order valence-electron chi connectivity index (χ4n) is 1.16. The van der Waals surface area contributed by atoms with Crippen LogP contribution < -0.4 is 5.32 Å². The number of hydrogen-bond acceptors (Lipinski definition) is 2. The summed E-state index contributed by atoms with van der Waals surface area (Å²) in [6.07, 6.45) is 1.22. The van der Waals surface area contributed by atoms with Crippen molar-refractivity contribution in [1.29, 1.82) is 0 Å². The Labute approximate surface area is 82.3 Å². The van der Waals surface area contributed by atoms with Crippen LogP contribution in [0, 0.1) is 0 Å². The molecule has 13 heavy (non-hydrogen) atoms. The van der Waals surface area contributed by atoms with E-state index in [0.29, 0.717) is 0 Å². The molecule has 1 rings (SSSR count). The Morgan fingerprint density at radius 2 is 2.08 bits per heavy atom. The smallest absolute Gasteiger partial charge is 0.161 e. The lowest BCUT2D eigenvalue weighted by molar-refractivity contribution is 0.440. The summed E-state index contributed by atoms with van der Waals surface area (Å²) in [5.41, 5.74) is 1.21. The molecule has 0 bridgehead atoms. The van der Waals surface area contributed by atoms with E-state index < -0.39 is 0 Å². The van der Waals surface area contributed by atoms with Gasteiger partial charge in [0.15, 0.2) is 9.76 Å². The summed E-state index contributed by atoms with van der Waals surface area (Å²) in [7, 11) is 1.58. The van der Waals surface area contributed by atoms with E-state index in [2.05, 4.69) is 17.4 Å². The molecule has 0 amide bonds. The van der Waals surface area contributed by atoms with Gasteiger partial charge in [0.25, 0.3) is 0 Å². The molecule has 0 atom stereocenters. The van der Waals surface area contributed by atoms with E-state index in [9.17, 15) is 0 Å². The van der Waals surface area contributed by atoms with Gasteiger partial charge in [0.05, 0.1) is 0 Å². The normalized spacial score (nSPS) is 10.8. The van der Waals surface area contributed by atoms with Crippen molar-refractivity contribution in [3.63, 3.8) is 0 Å². The quantitative estimate of drug-likeness (QED) is 0.550. The number of nitrogens with one attached hydrogen (secondary N) is 1. The molecule has 0 saturated heterocycles. The second kappa shape index (κ2) is 6.68. The van der Waals surface area contributed by atoms with Crippen LogP contribution >= 0.6 is 0 Å². The van der Waals surface area contributed by atoms with Gasteiger partial charge in [0.2, 0.25) is 0 Å². The predicted molar refractivity (Wildman–Crippen MR) is 59.9 cm³/mol. The lowest BCUT2D eigenvalue weighted by Gasteiger charge is -2.04. The number of benzene rings is 1. The summed E-state index contributed by atoms with van der Waals surface area (Å²) < 4.78 is 5.11. The highest BCUT2D eigenvalue weighted by Crippen LogP contribution is 2.04. The fourth-order valence-corrected chi connectivity index (χ4v) is 1.90. The van der Waals surface area contributed by atoms with E-state index in [1.807, 2.05) is 18.2 Å². The largest absolute Gasteiger partial charge is 0.427 e. The highest BCUT2D eigenvalue weighted by Gasteiger charge is 1.90. The molecule has 0 heterocycles. The van der Waals surface area contributed by atoms with E-state index in [4.69, 9.17) is 4.43 Å². The summed E-state index contributed by atoms with van der Waals surface area (Å²) in [5, 5.41) is 3.37. The predicted octanol–water partition coefficient (Wildman–Crippen LogP) is 1.64. The zero-order chi connectivity index (χ0) is 9.36. The molecule has 1 N–H and O–H groups in total. The minimum absolute atomic E-state index is 0.218. The Bertz CT molecular complexity index is 215. The van der Waals surface area contributed by atoms with Gasteiger partial charge in [0, 0.05) is 19.3 Å². The third-order valence-corrected chi connectivity index (χ3v) is 3.08. The molecular weight excluding hydrogens is 178 g/mol. The first-order valence-corrected chi connectivity index (χ1v) is 6.29. The summed E-state index contributed by atoms with van der Waals surface area (Å²) in [5.74, 6) is 0. The maximum atomic E-state index is 5.11. The lowest BCUT2D eigenvalue weighted by Crippen LogP contribution is -2.03. The van der Waals surface area contributed by atoms with Crippen LogP contribution in [0.1, 0.15) is 6.42 Å². The van der Waals surface area contributed by atoms with Crippen molar-refractivity contribution in [2.45, 2.75) is 12.5 Å². The van der Waals surface area contributed by atoms with Crippen molar-refractivity contribution < 1.29 is 4.43 Å². The fraction of sp³-hybridized carbons (Fsp3) is 0.400. The lowest BCUT2D eigenvalue weighted by atomic mass is 10.3. The third-order valence-electron chi connectivity index (χ3n) is 1.88. The van der Waals surface area contributed by atoms with Crippen LogP contribution in [0.3, 0.4) is 0 Å². The highest BCUT2D eigenvalue weighted by atomic mass is 28.2. The van der Waals surface area contributed by atoms with Crippen LogP contribution in [-0.4, -0.2) is 23.4 Å². The van der Waals surface area contributed by atoms with E-state index in [0.717, 1.165) is 6.54 Å². The average molecular weight is 195 g/mol. The monoisotopic (exact) mass is 195 g/mol. The Balaban J connectivity index is 2.07. The molecule has 3 heteroatoms. The number of anilines is 1. The van der Waals surface area contributed by atoms with Crippen molar-refractivity contribution in [2.24, 2.45) is 0 Å². The zero-order valence-corrected chi connectivity index (χ0v) is 9.54. The molecule has 2 nitrogen and oxygen atoms in total. The summed E-state index contributed by atoms with van der Waals surface area (Å²) in [6.45, 7) is 1.06. The van der Waals surface area contributed by atoms with Crippen molar-refractivity contribution in [2.75, 3.05) is 19.0 Å². The molecule has 0 fully saturated rings. The molecule has 0 radical (unpaired) electrons. The topological polar surface area (TPSA) is 21.3 Å². The minimum atomic E-state index is -0.218. The molecule has 72 valence electrons. The van der Waals surface area contributed by atoms with Crippen LogP contribution in [0.2, 0.25) is 6.04 Å².